The van der Waals surface area contributed by atoms with Crippen molar-refractivity contribution in [2.24, 2.45) is 46.8 Å². The first kappa shape index (κ1) is 85.4. The number of amides is 12. The molecule has 4 aliphatic carbocycles. The molecular formula is C77H125F3N12O13. The fraction of sp³-hybridized carbons (Fsp3) is 0.818. The lowest BCUT2D eigenvalue weighted by atomic mass is 9.58. The van der Waals surface area contributed by atoms with Crippen LogP contribution in [0.25, 0.3) is 0 Å². The second kappa shape index (κ2) is 36.8. The van der Waals surface area contributed by atoms with E-state index in [1.54, 1.807) is 33.8 Å². The molecule has 3 N–H and O–H groups in total. The highest BCUT2D eigenvalue weighted by atomic mass is 19.4. The van der Waals surface area contributed by atoms with Gasteiger partial charge in [-0.1, -0.05) is 106 Å². The second-order valence-electron chi connectivity index (χ2n) is 32.9. The predicted molar refractivity (Wildman–Crippen MR) is 389 cm³/mol. The van der Waals surface area contributed by atoms with Crippen LogP contribution in [0.3, 0.4) is 0 Å². The van der Waals surface area contributed by atoms with E-state index in [-0.39, 0.29) is 115 Å². The molecule has 12 amide bonds. The maximum absolute atomic E-state index is 15.8. The van der Waals surface area contributed by atoms with Crippen molar-refractivity contribution in [2.45, 2.75) is 270 Å². The normalized spacial score (nSPS) is 32.1. The van der Waals surface area contributed by atoms with Crippen molar-refractivity contribution in [3.63, 3.8) is 0 Å². The number of ether oxygens (including phenoxy) is 1. The summed E-state index contributed by atoms with van der Waals surface area (Å²) in [5, 5.41) is 8.91. The van der Waals surface area contributed by atoms with Crippen molar-refractivity contribution < 1.29 is 75.4 Å². The number of hydrogen-bond acceptors (Lipinski definition) is 13. The van der Waals surface area contributed by atoms with Gasteiger partial charge in [-0.3, -0.25) is 57.5 Å². The highest BCUT2D eigenvalue weighted by Gasteiger charge is 2.59. The van der Waals surface area contributed by atoms with Crippen LogP contribution in [-0.4, -0.2) is 270 Å². The van der Waals surface area contributed by atoms with E-state index in [0.717, 1.165) is 38.5 Å². The van der Waals surface area contributed by atoms with Crippen LogP contribution in [0.1, 0.15) is 204 Å². The summed E-state index contributed by atoms with van der Waals surface area (Å²) < 4.78 is 48.3. The van der Waals surface area contributed by atoms with E-state index in [1.165, 1.54) is 93.5 Å². The highest BCUT2D eigenvalue weighted by molar-refractivity contribution is 6.01. The van der Waals surface area contributed by atoms with Crippen LogP contribution in [-0.2, 0) is 62.3 Å². The van der Waals surface area contributed by atoms with E-state index in [2.05, 4.69) is 22.9 Å². The number of alkyl halides is 3. The Morgan fingerprint density at radius 2 is 1.29 bits per heavy atom. The Morgan fingerprint density at radius 3 is 1.88 bits per heavy atom. The van der Waals surface area contributed by atoms with Crippen molar-refractivity contribution in [3.8, 4) is 0 Å². The van der Waals surface area contributed by atoms with Crippen LogP contribution in [0.5, 0.6) is 0 Å². The van der Waals surface area contributed by atoms with Crippen LogP contribution >= 0.6 is 0 Å². The molecule has 13 atom stereocenters. The molecule has 0 aromatic rings. The maximum atomic E-state index is 15.8. The van der Waals surface area contributed by atoms with E-state index < -0.39 is 180 Å². The van der Waals surface area contributed by atoms with Crippen molar-refractivity contribution in [1.29, 1.82) is 0 Å². The summed E-state index contributed by atoms with van der Waals surface area (Å²) in [5.74, 6) is -10.3. The summed E-state index contributed by atoms with van der Waals surface area (Å²) >= 11 is 0. The Hall–Kier alpha value is -6.87. The summed E-state index contributed by atoms with van der Waals surface area (Å²) in [6.45, 7) is 16.2. The van der Waals surface area contributed by atoms with E-state index in [1.807, 2.05) is 33.8 Å². The molecule has 0 radical (unpaired) electrons. The predicted octanol–water partition coefficient (Wildman–Crippen LogP) is 6.55. The molecule has 2 bridgehead atoms. The molecule has 25 nitrogen and oxygen atoms in total. The lowest BCUT2D eigenvalue weighted by molar-refractivity contribution is -0.215. The number of hydrogen-bond donors (Lipinski definition) is 3. The molecule has 105 heavy (non-hydrogen) atoms. The molecule has 592 valence electrons. The van der Waals surface area contributed by atoms with Crippen LogP contribution < -0.4 is 16.0 Å². The number of fused-ring (bicyclic) bond motifs is 3. The van der Waals surface area contributed by atoms with Gasteiger partial charge < -0.3 is 64.8 Å². The number of likely N-dealkylation sites (N-methyl/N-ethyl adjacent to an activating group) is 7. The Balaban J connectivity index is 1.32. The molecule has 3 heterocycles. The molecule has 0 aromatic carbocycles. The second-order valence-corrected chi connectivity index (χ2v) is 32.9. The number of halogens is 3. The van der Waals surface area contributed by atoms with Crippen molar-refractivity contribution >= 4 is 70.9 Å². The minimum absolute atomic E-state index is 0.00572. The minimum atomic E-state index is -4.51. The van der Waals surface area contributed by atoms with Gasteiger partial charge in [0.25, 0.3) is 0 Å². The van der Waals surface area contributed by atoms with Gasteiger partial charge in [0.15, 0.2) is 0 Å². The molecular weight excluding hydrogens is 1360 g/mol. The fourth-order valence-corrected chi connectivity index (χ4v) is 18.1. The largest absolute Gasteiger partial charge is 0.394 e. The number of nitrogens with zero attached hydrogens (tertiary/aromatic N) is 9. The van der Waals surface area contributed by atoms with Gasteiger partial charge in [-0.2, -0.15) is 13.2 Å². The Morgan fingerprint density at radius 1 is 0.657 bits per heavy atom. The summed E-state index contributed by atoms with van der Waals surface area (Å²) in [6, 6.07) is -9.84. The molecule has 3 unspecified atom stereocenters. The third kappa shape index (κ3) is 20.5. The number of methoxy groups -OCH3 is 1. The summed E-state index contributed by atoms with van der Waals surface area (Å²) in [7, 11) is 9.91. The Bertz CT molecular complexity index is 3130. The first-order chi connectivity index (χ1) is 49.4. The summed E-state index contributed by atoms with van der Waals surface area (Å²) in [4.78, 5) is 194. The average molecular weight is 1480 g/mol. The standard InChI is InChI=1S/C77H125F3N12O13/c1-17-49(7)64-72(102)85(11)44-63(95)87(13)56-28-22-21-25-37-91(71(56)101)59(39-50-31-29-47(5)30-32-50)69(99)84(10)43-61(93)81-54(36-34-51-33-35-53(77(78,79)80)60(40-51)105-16)68(98)92-42-48(6)38-57(92)67(97)83-76(45-75(8,9)46-76)74(104)89(15)65(52-26-23-24-27-52)73(103)88(14)58(70(100)90(19-3)20-4)41-62(94)86(12)55(18-2)66(96)82-64/h21-22,47-60,64-65H,17-20,23-46H2,1-16H3,(H,81,93)(H,82,96)(H,83,97)/b22-21-/t47?,48-,49-,50?,51?,53?,54-,55-,56-,57-,58-,59-,60?,64-,65-/m0/s1. The average Bonchev–Trinajstić information content (AvgIpc) is 1.46. The third-order valence-corrected chi connectivity index (χ3v) is 24.6. The monoisotopic (exact) mass is 1480 g/mol. The zero-order valence-corrected chi connectivity index (χ0v) is 65.7. The third-order valence-electron chi connectivity index (χ3n) is 24.6. The van der Waals surface area contributed by atoms with Gasteiger partial charge >= 0.3 is 6.18 Å². The molecule has 28 heteroatoms. The molecule has 6 fully saturated rings. The number of nitrogens with one attached hydrogen (secondary N) is 3. The van der Waals surface area contributed by atoms with Gasteiger partial charge in [0.2, 0.25) is 70.9 Å². The smallest absolute Gasteiger partial charge is 0.381 e. The first-order valence-electron chi connectivity index (χ1n) is 39.0. The zero-order valence-electron chi connectivity index (χ0n) is 65.7. The first-order valence-corrected chi connectivity index (χ1v) is 39.0. The van der Waals surface area contributed by atoms with Crippen LogP contribution in [0.15, 0.2) is 12.2 Å². The van der Waals surface area contributed by atoms with Crippen molar-refractivity contribution in [1.82, 2.24) is 60.0 Å². The topological polar surface area (TPSA) is 279 Å². The van der Waals surface area contributed by atoms with Gasteiger partial charge in [-0.05, 0) is 145 Å². The lowest BCUT2D eigenvalue weighted by Crippen LogP contribution is -2.71. The quantitative estimate of drug-likeness (QED) is 0.165. The van der Waals surface area contributed by atoms with E-state index >= 15 is 28.8 Å². The molecule has 7 rings (SSSR count). The molecule has 1 spiro atoms. The van der Waals surface area contributed by atoms with Crippen LogP contribution in [0.4, 0.5) is 13.2 Å². The minimum Gasteiger partial charge on any atom is -0.381 e. The van der Waals surface area contributed by atoms with Crippen LogP contribution in [0, 0.1) is 46.8 Å². The van der Waals surface area contributed by atoms with Gasteiger partial charge in [0, 0.05) is 75.6 Å². The Kier molecular flexibility index (Phi) is 29.9. The SMILES string of the molecule is CC[C@H](C)[C@@H]1NC(=O)[C@H](CC)N(C)C(=O)C[C@@H](C(=O)N(CC)CC)N(C)C(=O)[C@H](C2CCCC2)N(C)C(=O)C2(CC(C)(C)C2)NC(=O)[C@@H]2C[C@H](C)CN2C(=O)[C@H](CCC2CCC(C(F)(F)F)C(OC)C2)NC(=O)CN(C)C(=O)[C@H](CC2CCC(C)CC2)N2CC/C=C\C[C@@H](C2=O)N(C)C(=O)CN(C)C1=O. The number of carbonyl (C=O) groups excluding carboxylic acids is 12. The Labute approximate surface area is 621 Å². The van der Waals surface area contributed by atoms with Gasteiger partial charge in [-0.25, -0.2) is 0 Å². The van der Waals surface area contributed by atoms with Gasteiger partial charge in [-0.15, -0.1) is 0 Å². The van der Waals surface area contributed by atoms with Crippen molar-refractivity contribution in [2.75, 3.05) is 88.7 Å². The van der Waals surface area contributed by atoms with Crippen LogP contribution in [0.2, 0.25) is 0 Å². The van der Waals surface area contributed by atoms with E-state index in [9.17, 15) is 41.9 Å². The summed E-state index contributed by atoms with van der Waals surface area (Å²) in [6.07, 6.45) is 4.96. The fourth-order valence-electron chi connectivity index (χ4n) is 18.1. The van der Waals surface area contributed by atoms with Gasteiger partial charge in [0.1, 0.15) is 53.9 Å². The van der Waals surface area contributed by atoms with Gasteiger partial charge in [0.05, 0.1) is 31.5 Å². The molecule has 0 aromatic heterocycles. The molecule has 2 saturated heterocycles. The lowest BCUT2D eigenvalue weighted by Gasteiger charge is -2.54. The summed E-state index contributed by atoms with van der Waals surface area (Å²) in [5.41, 5.74) is -2.10. The number of rotatable bonds is 13. The van der Waals surface area contributed by atoms with E-state index in [4.69, 9.17) is 4.74 Å². The molecule has 7 aliphatic rings. The molecule has 4 saturated carbocycles. The molecule has 3 aliphatic heterocycles. The highest BCUT2D eigenvalue weighted by Crippen LogP contribution is 2.50. The number of carbonyl (C=O) groups is 12. The van der Waals surface area contributed by atoms with E-state index in [0.29, 0.717) is 31.6 Å². The van der Waals surface area contributed by atoms with Crippen molar-refractivity contribution in [3.05, 3.63) is 12.2 Å². The maximum Gasteiger partial charge on any atom is 0.394 e. The zero-order chi connectivity index (χ0) is 77.9.